The first kappa shape index (κ1) is 20.7. The van der Waals surface area contributed by atoms with Crippen LogP contribution in [0.5, 0.6) is 0 Å². The van der Waals surface area contributed by atoms with Gasteiger partial charge in [-0.3, -0.25) is 4.79 Å². The van der Waals surface area contributed by atoms with Crippen molar-refractivity contribution in [3.05, 3.63) is 64.2 Å². The van der Waals surface area contributed by atoms with Gasteiger partial charge in [0, 0.05) is 7.11 Å². The van der Waals surface area contributed by atoms with Crippen LogP contribution < -0.4 is 5.32 Å². The highest BCUT2D eigenvalue weighted by molar-refractivity contribution is 6.33. The van der Waals surface area contributed by atoms with Gasteiger partial charge in [-0.05, 0) is 35.9 Å². The Labute approximate surface area is 158 Å². The quantitative estimate of drug-likeness (QED) is 0.733. The van der Waals surface area contributed by atoms with Gasteiger partial charge in [0.25, 0.3) is 5.91 Å². The molecule has 2 aromatic rings. The van der Waals surface area contributed by atoms with Crippen LogP contribution in [0.15, 0.2) is 42.5 Å². The number of nitrogens with one attached hydrogen (secondary N) is 1. The molecule has 0 bridgehead atoms. The van der Waals surface area contributed by atoms with Crippen LogP contribution in [-0.4, -0.2) is 25.6 Å². The summed E-state index contributed by atoms with van der Waals surface area (Å²) in [4.78, 5) is 23.9. The number of benzene rings is 2. The first-order valence-corrected chi connectivity index (χ1v) is 8.00. The number of ether oxygens (including phenoxy) is 2. The van der Waals surface area contributed by atoms with Crippen LogP contribution in [-0.2, 0) is 27.1 Å². The lowest BCUT2D eigenvalue weighted by Crippen LogP contribution is -2.21. The third-order valence-electron chi connectivity index (χ3n) is 3.38. The van der Waals surface area contributed by atoms with Gasteiger partial charge in [-0.1, -0.05) is 23.7 Å². The molecule has 0 aliphatic heterocycles. The molecule has 27 heavy (non-hydrogen) atoms. The second-order valence-corrected chi connectivity index (χ2v) is 5.86. The van der Waals surface area contributed by atoms with Gasteiger partial charge in [-0.2, -0.15) is 13.2 Å². The van der Waals surface area contributed by atoms with Gasteiger partial charge in [0.15, 0.2) is 6.61 Å². The van der Waals surface area contributed by atoms with Crippen molar-refractivity contribution in [2.24, 2.45) is 0 Å². The zero-order valence-corrected chi connectivity index (χ0v) is 14.9. The molecule has 0 aromatic heterocycles. The van der Waals surface area contributed by atoms with Crippen molar-refractivity contribution in [3.63, 3.8) is 0 Å². The van der Waals surface area contributed by atoms with Gasteiger partial charge in [-0.15, -0.1) is 0 Å². The molecule has 1 amide bonds. The van der Waals surface area contributed by atoms with Crippen molar-refractivity contribution < 1.29 is 32.2 Å². The zero-order valence-electron chi connectivity index (χ0n) is 14.1. The number of alkyl halides is 3. The van der Waals surface area contributed by atoms with Crippen LogP contribution in [0.4, 0.5) is 18.9 Å². The molecule has 0 saturated heterocycles. The molecule has 0 atom stereocenters. The summed E-state index contributed by atoms with van der Waals surface area (Å²) >= 11 is 5.79. The fourth-order valence-corrected chi connectivity index (χ4v) is 2.32. The summed E-state index contributed by atoms with van der Waals surface area (Å²) in [7, 11) is 1.51. The SMILES string of the molecule is COCc1cccc(C(=O)OCC(=O)Nc2cc(C(F)(F)F)ccc2Cl)c1. The summed E-state index contributed by atoms with van der Waals surface area (Å²) in [6.07, 6.45) is -4.58. The lowest BCUT2D eigenvalue weighted by atomic mass is 10.1. The largest absolute Gasteiger partial charge is 0.452 e. The third kappa shape index (κ3) is 5.97. The highest BCUT2D eigenvalue weighted by Crippen LogP contribution is 2.33. The summed E-state index contributed by atoms with van der Waals surface area (Å²) < 4.78 is 48.0. The molecule has 144 valence electrons. The van der Waals surface area contributed by atoms with E-state index in [4.69, 9.17) is 21.1 Å². The van der Waals surface area contributed by atoms with E-state index in [0.29, 0.717) is 12.7 Å². The fourth-order valence-electron chi connectivity index (χ4n) is 2.15. The predicted octanol–water partition coefficient (Wildman–Crippen LogP) is 4.30. The number of amides is 1. The monoisotopic (exact) mass is 401 g/mol. The number of rotatable bonds is 6. The lowest BCUT2D eigenvalue weighted by Gasteiger charge is -2.12. The Morgan fingerprint density at radius 3 is 2.56 bits per heavy atom. The van der Waals surface area contributed by atoms with E-state index in [1.165, 1.54) is 13.2 Å². The van der Waals surface area contributed by atoms with Gasteiger partial charge >= 0.3 is 12.1 Å². The van der Waals surface area contributed by atoms with E-state index in [9.17, 15) is 22.8 Å². The molecule has 0 unspecified atom stereocenters. The van der Waals surface area contributed by atoms with Gasteiger partial charge in [-0.25, -0.2) is 4.79 Å². The number of anilines is 1. The van der Waals surface area contributed by atoms with Crippen LogP contribution in [0.2, 0.25) is 5.02 Å². The van der Waals surface area contributed by atoms with Gasteiger partial charge in [0.05, 0.1) is 28.4 Å². The van der Waals surface area contributed by atoms with Crippen molar-refractivity contribution >= 4 is 29.2 Å². The molecule has 0 aliphatic rings. The summed E-state index contributed by atoms with van der Waals surface area (Å²) in [6, 6.07) is 8.96. The summed E-state index contributed by atoms with van der Waals surface area (Å²) in [6.45, 7) is -0.379. The average Bonchev–Trinajstić information content (AvgIpc) is 2.61. The second-order valence-electron chi connectivity index (χ2n) is 5.45. The van der Waals surface area contributed by atoms with Crippen LogP contribution >= 0.6 is 11.6 Å². The Bertz CT molecular complexity index is 840. The number of halogens is 4. The molecule has 0 aliphatic carbocycles. The van der Waals surface area contributed by atoms with Crippen LogP contribution in [0.3, 0.4) is 0 Å². The van der Waals surface area contributed by atoms with Gasteiger partial charge in [0.2, 0.25) is 0 Å². The maximum absolute atomic E-state index is 12.7. The van der Waals surface area contributed by atoms with Crippen molar-refractivity contribution in [1.29, 1.82) is 0 Å². The Morgan fingerprint density at radius 1 is 1.15 bits per heavy atom. The standard InChI is InChI=1S/C18H15ClF3NO4/c1-26-9-11-3-2-4-12(7-11)17(25)27-10-16(24)23-15-8-13(18(20,21)22)5-6-14(15)19/h2-8H,9-10H2,1H3,(H,23,24). The highest BCUT2D eigenvalue weighted by atomic mass is 35.5. The molecular weight excluding hydrogens is 387 g/mol. The molecule has 9 heteroatoms. The number of hydrogen-bond acceptors (Lipinski definition) is 4. The smallest absolute Gasteiger partial charge is 0.416 e. The molecular formula is C18H15ClF3NO4. The van der Waals surface area contributed by atoms with Crippen LogP contribution in [0.25, 0.3) is 0 Å². The molecule has 5 nitrogen and oxygen atoms in total. The minimum Gasteiger partial charge on any atom is -0.452 e. The molecule has 2 aromatic carbocycles. The van der Waals surface area contributed by atoms with E-state index in [1.807, 2.05) is 0 Å². The van der Waals surface area contributed by atoms with E-state index in [1.54, 1.807) is 18.2 Å². The number of hydrogen-bond donors (Lipinski definition) is 1. The minimum atomic E-state index is -4.58. The lowest BCUT2D eigenvalue weighted by molar-refractivity contribution is -0.137. The number of esters is 1. The molecule has 0 heterocycles. The Hall–Kier alpha value is -2.58. The van der Waals surface area contributed by atoms with E-state index in [2.05, 4.69) is 5.32 Å². The summed E-state index contributed by atoms with van der Waals surface area (Å²) in [5, 5.41) is 2.12. The molecule has 0 radical (unpaired) electrons. The summed E-state index contributed by atoms with van der Waals surface area (Å²) in [5.74, 6) is -1.57. The molecule has 1 N–H and O–H groups in total. The maximum atomic E-state index is 12.7. The van der Waals surface area contributed by atoms with Gasteiger partial charge < -0.3 is 14.8 Å². The van der Waals surface area contributed by atoms with Crippen molar-refractivity contribution in [1.82, 2.24) is 0 Å². The fraction of sp³-hybridized carbons (Fsp3) is 0.222. The number of carbonyl (C=O) groups is 2. The van der Waals surface area contributed by atoms with Crippen LogP contribution in [0.1, 0.15) is 21.5 Å². The minimum absolute atomic E-state index is 0.0741. The van der Waals surface area contributed by atoms with E-state index in [-0.39, 0.29) is 16.3 Å². The Kier molecular flexibility index (Phi) is 6.81. The molecule has 0 saturated carbocycles. The normalized spacial score (nSPS) is 11.1. The topological polar surface area (TPSA) is 64.6 Å². The van der Waals surface area contributed by atoms with Gasteiger partial charge in [0.1, 0.15) is 0 Å². The maximum Gasteiger partial charge on any atom is 0.416 e. The Balaban J connectivity index is 1.98. The summed E-state index contributed by atoms with van der Waals surface area (Å²) in [5.41, 5.74) is -0.231. The molecule has 0 fully saturated rings. The Morgan fingerprint density at radius 2 is 1.89 bits per heavy atom. The number of methoxy groups -OCH3 is 1. The number of carbonyl (C=O) groups excluding carboxylic acids is 2. The first-order chi connectivity index (χ1) is 12.7. The predicted molar refractivity (Wildman–Crippen MR) is 92.5 cm³/mol. The molecule has 0 spiro atoms. The van der Waals surface area contributed by atoms with E-state index < -0.39 is 30.2 Å². The first-order valence-electron chi connectivity index (χ1n) is 7.62. The van der Waals surface area contributed by atoms with Crippen molar-refractivity contribution in [2.75, 3.05) is 19.0 Å². The highest BCUT2D eigenvalue weighted by Gasteiger charge is 2.31. The molecule has 2 rings (SSSR count). The van der Waals surface area contributed by atoms with E-state index >= 15 is 0 Å². The second kappa shape index (κ2) is 8.88. The van der Waals surface area contributed by atoms with Crippen molar-refractivity contribution in [2.45, 2.75) is 12.8 Å². The van der Waals surface area contributed by atoms with Crippen LogP contribution in [0, 0.1) is 0 Å². The van der Waals surface area contributed by atoms with E-state index in [0.717, 1.165) is 17.7 Å². The van der Waals surface area contributed by atoms with Crippen molar-refractivity contribution in [3.8, 4) is 0 Å². The zero-order chi connectivity index (χ0) is 20.0. The average molecular weight is 402 g/mol. The third-order valence-corrected chi connectivity index (χ3v) is 3.71.